The largest absolute Gasteiger partial charge is 0.368 e. The zero-order chi connectivity index (χ0) is 17.3. The third-order valence-corrected chi connectivity index (χ3v) is 3.25. The molecule has 25 heavy (non-hydrogen) atoms. The Kier molecular flexibility index (Phi) is 5.44. The van der Waals surface area contributed by atoms with E-state index >= 15 is 0 Å². The first-order valence-electron chi connectivity index (χ1n) is 7.73. The lowest BCUT2D eigenvalue weighted by Gasteiger charge is -2.09. The molecule has 126 valence electrons. The molecule has 0 unspecified atom stereocenters. The molecule has 0 aliphatic rings. The average Bonchev–Trinajstić information content (AvgIpc) is 2.67. The van der Waals surface area contributed by atoms with E-state index in [0.717, 1.165) is 0 Å². The minimum Gasteiger partial charge on any atom is -0.368 e. The summed E-state index contributed by atoms with van der Waals surface area (Å²) in [7, 11) is 0. The van der Waals surface area contributed by atoms with Crippen LogP contribution in [-0.4, -0.2) is 38.9 Å². The average molecular weight is 335 g/mol. The quantitative estimate of drug-likeness (QED) is 0.566. The van der Waals surface area contributed by atoms with E-state index in [1.807, 2.05) is 18.2 Å². The van der Waals surface area contributed by atoms with Gasteiger partial charge in [-0.05, 0) is 24.3 Å². The number of amides is 1. The van der Waals surface area contributed by atoms with Crippen molar-refractivity contribution < 1.29 is 4.79 Å². The maximum atomic E-state index is 11.9. The highest BCUT2D eigenvalue weighted by atomic mass is 16.1. The van der Waals surface area contributed by atoms with Crippen molar-refractivity contribution >= 4 is 23.4 Å². The molecule has 0 aliphatic carbocycles. The van der Waals surface area contributed by atoms with E-state index in [4.69, 9.17) is 0 Å². The van der Waals surface area contributed by atoms with E-state index in [2.05, 4.69) is 35.9 Å². The van der Waals surface area contributed by atoms with E-state index in [-0.39, 0.29) is 5.91 Å². The SMILES string of the molecule is O=C(NCCNc1cc(Nc2ccccn2)ncn1)c1ccncc1. The topological polar surface area (TPSA) is 105 Å². The molecule has 3 aromatic heterocycles. The maximum Gasteiger partial charge on any atom is 0.251 e. The van der Waals surface area contributed by atoms with Gasteiger partial charge in [0.15, 0.2) is 0 Å². The molecule has 0 atom stereocenters. The second kappa shape index (κ2) is 8.34. The molecule has 8 heteroatoms. The maximum absolute atomic E-state index is 11.9. The van der Waals surface area contributed by atoms with Gasteiger partial charge in [0.1, 0.15) is 23.8 Å². The van der Waals surface area contributed by atoms with Crippen LogP contribution in [0, 0.1) is 0 Å². The van der Waals surface area contributed by atoms with Gasteiger partial charge in [-0.2, -0.15) is 0 Å². The van der Waals surface area contributed by atoms with E-state index in [1.54, 1.807) is 36.8 Å². The minimum atomic E-state index is -0.135. The zero-order valence-electron chi connectivity index (χ0n) is 13.4. The molecule has 3 N–H and O–H groups in total. The van der Waals surface area contributed by atoms with Crippen molar-refractivity contribution in [2.75, 3.05) is 23.7 Å². The number of carbonyl (C=O) groups is 1. The Bertz CT molecular complexity index is 811. The number of hydrogen-bond donors (Lipinski definition) is 3. The van der Waals surface area contributed by atoms with Gasteiger partial charge in [0.05, 0.1) is 0 Å². The minimum absolute atomic E-state index is 0.135. The molecule has 0 spiro atoms. The number of pyridine rings is 2. The molecule has 3 rings (SSSR count). The van der Waals surface area contributed by atoms with Crippen LogP contribution >= 0.6 is 0 Å². The Morgan fingerprint density at radius 2 is 1.72 bits per heavy atom. The highest BCUT2D eigenvalue weighted by Gasteiger charge is 2.04. The van der Waals surface area contributed by atoms with Crippen molar-refractivity contribution in [3.63, 3.8) is 0 Å². The smallest absolute Gasteiger partial charge is 0.251 e. The van der Waals surface area contributed by atoms with Gasteiger partial charge in [0.25, 0.3) is 5.91 Å². The molecule has 0 bridgehead atoms. The number of nitrogens with one attached hydrogen (secondary N) is 3. The number of aromatic nitrogens is 4. The third-order valence-electron chi connectivity index (χ3n) is 3.25. The van der Waals surface area contributed by atoms with Crippen molar-refractivity contribution in [2.24, 2.45) is 0 Å². The highest BCUT2D eigenvalue weighted by molar-refractivity contribution is 5.93. The van der Waals surface area contributed by atoms with Gasteiger partial charge in [-0.3, -0.25) is 9.78 Å². The molecule has 3 aromatic rings. The predicted molar refractivity (Wildman–Crippen MR) is 94.6 cm³/mol. The van der Waals surface area contributed by atoms with Gasteiger partial charge < -0.3 is 16.0 Å². The Morgan fingerprint density at radius 3 is 2.52 bits per heavy atom. The molecule has 0 aliphatic heterocycles. The van der Waals surface area contributed by atoms with Gasteiger partial charge in [-0.1, -0.05) is 6.07 Å². The van der Waals surface area contributed by atoms with E-state index in [1.165, 1.54) is 6.33 Å². The summed E-state index contributed by atoms with van der Waals surface area (Å²) in [4.78, 5) is 28.3. The predicted octanol–water partition coefficient (Wildman–Crippen LogP) is 1.85. The van der Waals surface area contributed by atoms with E-state index < -0.39 is 0 Å². The fraction of sp³-hybridized carbons (Fsp3) is 0.118. The number of carbonyl (C=O) groups excluding carboxylic acids is 1. The van der Waals surface area contributed by atoms with Crippen LogP contribution in [0.15, 0.2) is 61.3 Å². The van der Waals surface area contributed by atoms with Crippen LogP contribution in [0.3, 0.4) is 0 Å². The van der Waals surface area contributed by atoms with Crippen molar-refractivity contribution in [3.05, 3.63) is 66.9 Å². The van der Waals surface area contributed by atoms with Crippen molar-refractivity contribution in [1.29, 1.82) is 0 Å². The summed E-state index contributed by atoms with van der Waals surface area (Å²) in [5, 5.41) is 9.06. The van der Waals surface area contributed by atoms with Gasteiger partial charge in [-0.15, -0.1) is 0 Å². The van der Waals surface area contributed by atoms with Crippen LogP contribution in [0.25, 0.3) is 0 Å². The monoisotopic (exact) mass is 335 g/mol. The zero-order valence-corrected chi connectivity index (χ0v) is 13.4. The molecule has 0 saturated carbocycles. The molecule has 0 saturated heterocycles. The molecular weight excluding hydrogens is 318 g/mol. The van der Waals surface area contributed by atoms with Gasteiger partial charge >= 0.3 is 0 Å². The second-order valence-electron chi connectivity index (χ2n) is 5.05. The summed E-state index contributed by atoms with van der Waals surface area (Å²) in [6, 6.07) is 10.7. The Morgan fingerprint density at radius 1 is 0.880 bits per heavy atom. The number of rotatable bonds is 7. The molecular formula is C17H17N7O. The molecule has 0 radical (unpaired) electrons. The number of anilines is 3. The lowest BCUT2D eigenvalue weighted by molar-refractivity contribution is 0.0955. The first-order chi connectivity index (χ1) is 12.3. The fourth-order valence-electron chi connectivity index (χ4n) is 2.06. The van der Waals surface area contributed by atoms with Gasteiger partial charge in [-0.25, -0.2) is 15.0 Å². The van der Waals surface area contributed by atoms with Crippen LogP contribution in [0.5, 0.6) is 0 Å². The summed E-state index contributed by atoms with van der Waals surface area (Å²) in [5.41, 5.74) is 0.582. The molecule has 3 heterocycles. The first kappa shape index (κ1) is 16.3. The first-order valence-corrected chi connectivity index (χ1v) is 7.73. The molecule has 8 nitrogen and oxygen atoms in total. The third kappa shape index (κ3) is 4.96. The Labute approximate surface area is 144 Å². The van der Waals surface area contributed by atoms with Crippen LogP contribution in [0.4, 0.5) is 17.5 Å². The van der Waals surface area contributed by atoms with Gasteiger partial charge in [0.2, 0.25) is 0 Å². The van der Waals surface area contributed by atoms with Crippen molar-refractivity contribution in [2.45, 2.75) is 0 Å². The molecule has 0 fully saturated rings. The summed E-state index contributed by atoms with van der Waals surface area (Å²) in [5.74, 6) is 1.87. The van der Waals surface area contributed by atoms with Crippen molar-refractivity contribution in [1.82, 2.24) is 25.3 Å². The summed E-state index contributed by atoms with van der Waals surface area (Å²) < 4.78 is 0. The number of nitrogens with zero attached hydrogens (tertiary/aromatic N) is 4. The Hall–Kier alpha value is -3.55. The Balaban J connectivity index is 1.47. The van der Waals surface area contributed by atoms with Crippen molar-refractivity contribution in [3.8, 4) is 0 Å². The number of hydrogen-bond acceptors (Lipinski definition) is 7. The van der Waals surface area contributed by atoms with Crippen LogP contribution in [-0.2, 0) is 0 Å². The van der Waals surface area contributed by atoms with E-state index in [0.29, 0.717) is 36.1 Å². The summed E-state index contributed by atoms with van der Waals surface area (Å²) >= 11 is 0. The standard InChI is InChI=1S/C17H17N7O/c25-17(13-4-7-18-8-5-13)21-10-9-20-15-11-16(23-12-22-15)24-14-3-1-2-6-19-14/h1-8,11-12H,9-10H2,(H,21,25)(H2,19,20,22,23,24). The summed E-state index contributed by atoms with van der Waals surface area (Å²) in [6.07, 6.45) is 6.34. The fourth-order valence-corrected chi connectivity index (χ4v) is 2.06. The molecule has 0 aromatic carbocycles. The van der Waals surface area contributed by atoms with Crippen LogP contribution < -0.4 is 16.0 Å². The normalized spacial score (nSPS) is 10.1. The van der Waals surface area contributed by atoms with E-state index in [9.17, 15) is 4.79 Å². The van der Waals surface area contributed by atoms with Crippen LogP contribution in [0.1, 0.15) is 10.4 Å². The van der Waals surface area contributed by atoms with Crippen LogP contribution in [0.2, 0.25) is 0 Å². The molecule has 1 amide bonds. The highest BCUT2D eigenvalue weighted by Crippen LogP contribution is 2.13. The lowest BCUT2D eigenvalue weighted by atomic mass is 10.2. The second-order valence-corrected chi connectivity index (χ2v) is 5.05. The summed E-state index contributed by atoms with van der Waals surface area (Å²) in [6.45, 7) is 1.00. The lowest BCUT2D eigenvalue weighted by Crippen LogP contribution is -2.28. The van der Waals surface area contributed by atoms with Gasteiger partial charge in [0, 0.05) is 43.3 Å².